The molecule has 1 fully saturated rings. The van der Waals surface area contributed by atoms with Crippen molar-refractivity contribution in [1.29, 1.82) is 0 Å². The summed E-state index contributed by atoms with van der Waals surface area (Å²) in [4.78, 5) is 17.9. The summed E-state index contributed by atoms with van der Waals surface area (Å²) in [6.45, 7) is 1.54. The number of carbonyl (C=O) groups excluding carboxylic acids is 1. The number of H-pyrrole nitrogens is 1. The van der Waals surface area contributed by atoms with Gasteiger partial charge in [0.15, 0.2) is 0 Å². The Morgan fingerprint density at radius 1 is 1.92 bits per heavy atom. The predicted octanol–water partition coefficient (Wildman–Crippen LogP) is 0.183. The smallest absolute Gasteiger partial charge is 0.150 e. The van der Waals surface area contributed by atoms with E-state index < -0.39 is 5.54 Å². The third-order valence-corrected chi connectivity index (χ3v) is 2.55. The van der Waals surface area contributed by atoms with Crippen LogP contribution in [-0.2, 0) is 4.79 Å². The first-order chi connectivity index (χ1) is 5.64. The lowest BCUT2D eigenvalue weighted by atomic mass is 10.1. The zero-order valence-corrected chi connectivity index (χ0v) is 6.87. The molecule has 4 nitrogen and oxygen atoms in total. The predicted molar refractivity (Wildman–Crippen MR) is 43.5 cm³/mol. The van der Waals surface area contributed by atoms with E-state index >= 15 is 0 Å². The molecule has 1 heterocycles. The van der Waals surface area contributed by atoms with Gasteiger partial charge in [0, 0.05) is 17.8 Å². The summed E-state index contributed by atoms with van der Waals surface area (Å²) >= 11 is 0. The van der Waals surface area contributed by atoms with Crippen LogP contribution in [0.25, 0.3) is 0 Å². The van der Waals surface area contributed by atoms with Crippen molar-refractivity contribution in [2.24, 2.45) is 5.73 Å². The van der Waals surface area contributed by atoms with Crippen LogP contribution in [0.1, 0.15) is 25.0 Å². The molecule has 1 aliphatic rings. The van der Waals surface area contributed by atoms with E-state index in [4.69, 9.17) is 5.73 Å². The minimum absolute atomic E-state index is 0.0575. The number of nitrogens with one attached hydrogen (secondary N) is 1. The van der Waals surface area contributed by atoms with Crippen LogP contribution in [0.5, 0.6) is 0 Å². The molecule has 4 heteroatoms. The Morgan fingerprint density at radius 2 is 2.67 bits per heavy atom. The van der Waals surface area contributed by atoms with Crippen LogP contribution in [0, 0.1) is 0 Å². The molecule has 3 N–H and O–H groups in total. The van der Waals surface area contributed by atoms with Crippen LogP contribution in [0.3, 0.4) is 0 Å². The van der Waals surface area contributed by atoms with E-state index in [1.165, 1.54) is 6.92 Å². The Hall–Kier alpha value is -1.16. The third-order valence-electron chi connectivity index (χ3n) is 2.55. The topological polar surface area (TPSA) is 71.8 Å². The Balaban J connectivity index is 2.19. The number of nitrogens with two attached hydrogens (primary N) is 1. The van der Waals surface area contributed by atoms with Gasteiger partial charge < -0.3 is 10.7 Å². The van der Waals surface area contributed by atoms with Crippen molar-refractivity contribution in [3.05, 3.63) is 18.2 Å². The molecule has 0 amide bonds. The van der Waals surface area contributed by atoms with Crippen LogP contribution in [0.4, 0.5) is 0 Å². The number of ketones is 1. The molecule has 0 aromatic carbocycles. The molecule has 0 aliphatic heterocycles. The SMILES string of the molecule is CC(=O)C1(N)CC1c1cnc[nH]1. The fourth-order valence-electron chi connectivity index (χ4n) is 1.51. The van der Waals surface area contributed by atoms with E-state index in [9.17, 15) is 4.79 Å². The number of hydrogen-bond donors (Lipinski definition) is 2. The Bertz CT molecular complexity index is 306. The van der Waals surface area contributed by atoms with Crippen molar-refractivity contribution in [3.8, 4) is 0 Å². The largest absolute Gasteiger partial charge is 0.348 e. The van der Waals surface area contributed by atoms with Crippen LogP contribution in [0.15, 0.2) is 12.5 Å². The molecule has 0 radical (unpaired) electrons. The molecular weight excluding hydrogens is 154 g/mol. The number of aromatic amines is 1. The fraction of sp³-hybridized carbons (Fsp3) is 0.500. The van der Waals surface area contributed by atoms with E-state index in [0.717, 1.165) is 12.1 Å². The van der Waals surface area contributed by atoms with Crippen molar-refractivity contribution in [2.75, 3.05) is 0 Å². The van der Waals surface area contributed by atoms with Gasteiger partial charge in [-0.25, -0.2) is 4.98 Å². The van der Waals surface area contributed by atoms with Crippen molar-refractivity contribution >= 4 is 5.78 Å². The molecule has 12 heavy (non-hydrogen) atoms. The maximum atomic E-state index is 11.1. The van der Waals surface area contributed by atoms with E-state index in [1.54, 1.807) is 12.5 Å². The minimum atomic E-state index is -0.619. The summed E-state index contributed by atoms with van der Waals surface area (Å²) < 4.78 is 0. The van der Waals surface area contributed by atoms with Crippen LogP contribution >= 0.6 is 0 Å². The van der Waals surface area contributed by atoms with Gasteiger partial charge in [-0.15, -0.1) is 0 Å². The molecule has 2 atom stereocenters. The molecule has 0 saturated heterocycles. The van der Waals surface area contributed by atoms with Gasteiger partial charge in [0.25, 0.3) is 0 Å². The molecule has 1 saturated carbocycles. The normalized spacial score (nSPS) is 33.3. The van der Waals surface area contributed by atoms with Gasteiger partial charge >= 0.3 is 0 Å². The van der Waals surface area contributed by atoms with Gasteiger partial charge in [-0.3, -0.25) is 4.79 Å². The highest BCUT2D eigenvalue weighted by molar-refractivity contribution is 5.91. The van der Waals surface area contributed by atoms with Gasteiger partial charge in [0.1, 0.15) is 5.78 Å². The number of nitrogens with zero attached hydrogens (tertiary/aromatic N) is 1. The molecule has 0 bridgehead atoms. The zero-order valence-electron chi connectivity index (χ0n) is 6.87. The summed E-state index contributed by atoms with van der Waals surface area (Å²) in [5, 5.41) is 0. The lowest BCUT2D eigenvalue weighted by Crippen LogP contribution is -2.32. The lowest BCUT2D eigenvalue weighted by Gasteiger charge is -2.03. The van der Waals surface area contributed by atoms with Crippen molar-refractivity contribution in [1.82, 2.24) is 9.97 Å². The second-order valence-electron chi connectivity index (χ2n) is 3.36. The first-order valence-corrected chi connectivity index (χ1v) is 3.93. The Labute approximate surface area is 70.2 Å². The van der Waals surface area contributed by atoms with E-state index in [1.807, 2.05) is 0 Å². The number of rotatable bonds is 2. The van der Waals surface area contributed by atoms with Gasteiger partial charge in [-0.1, -0.05) is 0 Å². The van der Waals surface area contributed by atoms with Crippen LogP contribution in [0.2, 0.25) is 0 Å². The van der Waals surface area contributed by atoms with Crippen LogP contribution < -0.4 is 5.73 Å². The summed E-state index contributed by atoms with van der Waals surface area (Å²) in [5.41, 5.74) is 6.17. The van der Waals surface area contributed by atoms with Crippen molar-refractivity contribution in [2.45, 2.75) is 24.8 Å². The van der Waals surface area contributed by atoms with E-state index in [2.05, 4.69) is 9.97 Å². The highest BCUT2D eigenvalue weighted by Gasteiger charge is 2.56. The standard InChI is InChI=1S/C8H11N3O/c1-5(12)8(9)2-6(8)7-3-10-4-11-7/h3-4,6H,2,9H2,1H3,(H,10,11). The minimum Gasteiger partial charge on any atom is -0.348 e. The van der Waals surface area contributed by atoms with E-state index in [-0.39, 0.29) is 11.7 Å². The second-order valence-corrected chi connectivity index (χ2v) is 3.36. The molecule has 0 spiro atoms. The first kappa shape index (κ1) is 7.49. The summed E-state index contributed by atoms with van der Waals surface area (Å²) in [6, 6.07) is 0. The number of Topliss-reactive ketones (excluding diaryl/α,β-unsaturated/α-hetero) is 1. The number of hydrogen-bond acceptors (Lipinski definition) is 3. The lowest BCUT2D eigenvalue weighted by molar-refractivity contribution is -0.119. The van der Waals surface area contributed by atoms with Gasteiger partial charge in [-0.2, -0.15) is 0 Å². The number of imidazole rings is 1. The summed E-state index contributed by atoms with van der Waals surface area (Å²) in [5.74, 6) is 0.208. The van der Waals surface area contributed by atoms with Crippen molar-refractivity contribution < 1.29 is 4.79 Å². The maximum absolute atomic E-state index is 11.1. The summed E-state index contributed by atoms with van der Waals surface area (Å²) in [6.07, 6.45) is 4.07. The highest BCUT2D eigenvalue weighted by atomic mass is 16.1. The van der Waals surface area contributed by atoms with E-state index in [0.29, 0.717) is 0 Å². The Morgan fingerprint density at radius 3 is 3.08 bits per heavy atom. The van der Waals surface area contributed by atoms with Gasteiger partial charge in [0.2, 0.25) is 0 Å². The fourth-order valence-corrected chi connectivity index (χ4v) is 1.51. The van der Waals surface area contributed by atoms with Crippen molar-refractivity contribution in [3.63, 3.8) is 0 Å². The average molecular weight is 165 g/mol. The molecule has 1 aromatic rings. The maximum Gasteiger partial charge on any atom is 0.150 e. The average Bonchev–Trinajstić information content (AvgIpc) is 2.49. The molecule has 1 aliphatic carbocycles. The molecule has 2 rings (SSSR count). The Kier molecular flexibility index (Phi) is 1.35. The van der Waals surface area contributed by atoms with Gasteiger partial charge in [0.05, 0.1) is 11.9 Å². The second kappa shape index (κ2) is 2.17. The molecule has 2 unspecified atom stereocenters. The number of carbonyl (C=O) groups is 1. The molecule has 64 valence electrons. The molecular formula is C8H11N3O. The molecule has 1 aromatic heterocycles. The quantitative estimate of drug-likeness (QED) is 0.656. The zero-order chi connectivity index (χ0) is 8.77. The van der Waals surface area contributed by atoms with Gasteiger partial charge in [-0.05, 0) is 13.3 Å². The highest BCUT2D eigenvalue weighted by Crippen LogP contribution is 2.48. The monoisotopic (exact) mass is 165 g/mol. The first-order valence-electron chi connectivity index (χ1n) is 3.93. The number of aromatic nitrogens is 2. The third kappa shape index (κ3) is 0.881. The summed E-state index contributed by atoms with van der Waals surface area (Å²) in [7, 11) is 0. The van der Waals surface area contributed by atoms with Crippen LogP contribution in [-0.4, -0.2) is 21.3 Å².